The number of rotatable bonds is 1. The van der Waals surface area contributed by atoms with Crippen LogP contribution in [0.5, 0.6) is 0 Å². The maximum Gasteiger partial charge on any atom is 0.223 e. The first kappa shape index (κ1) is 11.0. The van der Waals surface area contributed by atoms with E-state index < -0.39 is 0 Å². The Hall–Kier alpha value is -0.530. The largest absolute Gasteiger partial charge is 0.350 e. The number of nitrogens with one attached hydrogen (secondary N) is 1. The van der Waals surface area contributed by atoms with Crippen LogP contribution in [0, 0.1) is 11.3 Å². The van der Waals surface area contributed by atoms with Crippen molar-refractivity contribution in [2.75, 3.05) is 0 Å². The molecule has 15 heavy (non-hydrogen) atoms. The standard InChI is InChI=1S/C13H23NO/c1-4-12(3)10(2)11(15)14-13(12)8-6-5-7-9-13/h10H,4-9H2,1-3H3,(H,14,15). The van der Waals surface area contributed by atoms with Gasteiger partial charge in [0.15, 0.2) is 0 Å². The Balaban J connectivity index is 2.34. The van der Waals surface area contributed by atoms with E-state index in [4.69, 9.17) is 0 Å². The van der Waals surface area contributed by atoms with Crippen LogP contribution in [0.15, 0.2) is 0 Å². The van der Waals surface area contributed by atoms with Crippen LogP contribution in [0.3, 0.4) is 0 Å². The lowest BCUT2D eigenvalue weighted by Gasteiger charge is -2.46. The molecular formula is C13H23NO. The third-order valence-electron chi connectivity index (χ3n) is 5.25. The van der Waals surface area contributed by atoms with Gasteiger partial charge in [-0.15, -0.1) is 0 Å². The van der Waals surface area contributed by atoms with Gasteiger partial charge >= 0.3 is 0 Å². The van der Waals surface area contributed by atoms with Crippen LogP contribution in [0.2, 0.25) is 0 Å². The van der Waals surface area contributed by atoms with E-state index >= 15 is 0 Å². The summed E-state index contributed by atoms with van der Waals surface area (Å²) < 4.78 is 0. The number of hydrogen-bond donors (Lipinski definition) is 1. The number of carbonyl (C=O) groups is 1. The van der Waals surface area contributed by atoms with Gasteiger partial charge in [0.2, 0.25) is 5.91 Å². The molecule has 2 rings (SSSR count). The molecule has 1 spiro atoms. The van der Waals surface area contributed by atoms with Crippen LogP contribution >= 0.6 is 0 Å². The highest BCUT2D eigenvalue weighted by atomic mass is 16.2. The second-order valence-corrected chi connectivity index (χ2v) is 5.62. The highest BCUT2D eigenvalue weighted by Crippen LogP contribution is 2.52. The van der Waals surface area contributed by atoms with Crippen molar-refractivity contribution in [3.05, 3.63) is 0 Å². The molecule has 0 radical (unpaired) electrons. The van der Waals surface area contributed by atoms with Crippen LogP contribution in [0.1, 0.15) is 59.3 Å². The third kappa shape index (κ3) is 1.33. The number of carbonyl (C=O) groups excluding carboxylic acids is 1. The molecule has 1 N–H and O–H groups in total. The zero-order valence-electron chi connectivity index (χ0n) is 10.2. The summed E-state index contributed by atoms with van der Waals surface area (Å²) >= 11 is 0. The average molecular weight is 209 g/mol. The van der Waals surface area contributed by atoms with E-state index in [9.17, 15) is 4.79 Å². The van der Waals surface area contributed by atoms with Crippen molar-refractivity contribution in [1.82, 2.24) is 5.32 Å². The van der Waals surface area contributed by atoms with Crippen molar-refractivity contribution < 1.29 is 4.79 Å². The second-order valence-electron chi connectivity index (χ2n) is 5.62. The fourth-order valence-corrected chi connectivity index (χ4v) is 3.69. The summed E-state index contributed by atoms with van der Waals surface area (Å²) in [5.41, 5.74) is 0.293. The van der Waals surface area contributed by atoms with Gasteiger partial charge in [-0.2, -0.15) is 0 Å². The molecule has 2 unspecified atom stereocenters. The molecule has 0 aromatic heterocycles. The fourth-order valence-electron chi connectivity index (χ4n) is 3.69. The van der Waals surface area contributed by atoms with E-state index in [1.165, 1.54) is 32.1 Å². The summed E-state index contributed by atoms with van der Waals surface area (Å²) in [4.78, 5) is 11.9. The number of hydrogen-bond acceptors (Lipinski definition) is 1. The lowest BCUT2D eigenvalue weighted by molar-refractivity contribution is -0.123. The molecule has 0 aromatic carbocycles. The van der Waals surface area contributed by atoms with Gasteiger partial charge in [0.05, 0.1) is 0 Å². The fraction of sp³-hybridized carbons (Fsp3) is 0.923. The molecule has 1 aliphatic heterocycles. The lowest BCUT2D eigenvalue weighted by Crippen LogP contribution is -2.52. The Morgan fingerprint density at radius 1 is 1.33 bits per heavy atom. The molecule has 1 aliphatic carbocycles. The van der Waals surface area contributed by atoms with Crippen LogP contribution < -0.4 is 5.32 Å². The van der Waals surface area contributed by atoms with E-state index in [0.29, 0.717) is 0 Å². The predicted molar refractivity (Wildman–Crippen MR) is 61.5 cm³/mol. The molecule has 1 amide bonds. The Kier molecular flexibility index (Phi) is 2.56. The highest BCUT2D eigenvalue weighted by molar-refractivity contribution is 5.83. The molecular weight excluding hydrogens is 186 g/mol. The van der Waals surface area contributed by atoms with E-state index in [0.717, 1.165) is 6.42 Å². The minimum atomic E-state index is 0.122. The first-order valence-electron chi connectivity index (χ1n) is 6.38. The van der Waals surface area contributed by atoms with Crippen molar-refractivity contribution in [1.29, 1.82) is 0 Å². The smallest absolute Gasteiger partial charge is 0.223 e. The summed E-state index contributed by atoms with van der Waals surface area (Å²) in [5, 5.41) is 3.32. The van der Waals surface area contributed by atoms with Gasteiger partial charge in [-0.3, -0.25) is 4.79 Å². The van der Waals surface area contributed by atoms with Crippen LogP contribution in [0.4, 0.5) is 0 Å². The summed E-state index contributed by atoms with van der Waals surface area (Å²) in [6.07, 6.45) is 7.38. The molecule has 2 heteroatoms. The van der Waals surface area contributed by atoms with Crippen LogP contribution in [-0.2, 0) is 4.79 Å². The summed E-state index contributed by atoms with van der Waals surface area (Å²) in [6.45, 7) is 6.64. The van der Waals surface area contributed by atoms with E-state index in [1.807, 2.05) is 0 Å². The van der Waals surface area contributed by atoms with Crippen molar-refractivity contribution in [2.24, 2.45) is 11.3 Å². The molecule has 1 heterocycles. The number of amides is 1. The summed E-state index contributed by atoms with van der Waals surface area (Å²) in [7, 11) is 0. The van der Waals surface area contributed by atoms with E-state index in [1.54, 1.807) is 0 Å². The van der Waals surface area contributed by atoms with E-state index in [-0.39, 0.29) is 22.8 Å². The monoisotopic (exact) mass is 209 g/mol. The van der Waals surface area contributed by atoms with Gasteiger partial charge in [-0.25, -0.2) is 0 Å². The maximum atomic E-state index is 11.9. The quantitative estimate of drug-likeness (QED) is 0.707. The Morgan fingerprint density at radius 2 is 1.93 bits per heavy atom. The molecule has 1 saturated heterocycles. The van der Waals surface area contributed by atoms with Gasteiger partial charge in [0.25, 0.3) is 0 Å². The predicted octanol–water partition coefficient (Wildman–Crippen LogP) is 2.87. The van der Waals surface area contributed by atoms with Gasteiger partial charge in [0, 0.05) is 16.9 Å². The molecule has 2 aliphatic rings. The van der Waals surface area contributed by atoms with Gasteiger partial charge in [0.1, 0.15) is 0 Å². The van der Waals surface area contributed by atoms with E-state index in [2.05, 4.69) is 26.1 Å². The van der Waals surface area contributed by atoms with Crippen LogP contribution in [0.25, 0.3) is 0 Å². The minimum absolute atomic E-state index is 0.122. The molecule has 86 valence electrons. The zero-order chi connectivity index (χ0) is 11.1. The van der Waals surface area contributed by atoms with Crippen molar-refractivity contribution >= 4 is 5.91 Å². The highest BCUT2D eigenvalue weighted by Gasteiger charge is 2.58. The molecule has 0 aromatic rings. The first-order chi connectivity index (χ1) is 7.06. The van der Waals surface area contributed by atoms with Crippen LogP contribution in [-0.4, -0.2) is 11.4 Å². The second kappa shape index (κ2) is 3.50. The molecule has 2 fully saturated rings. The lowest BCUT2D eigenvalue weighted by atomic mass is 9.60. The minimum Gasteiger partial charge on any atom is -0.350 e. The third-order valence-corrected chi connectivity index (χ3v) is 5.25. The first-order valence-corrected chi connectivity index (χ1v) is 6.38. The van der Waals surface area contributed by atoms with Gasteiger partial charge in [-0.1, -0.05) is 40.0 Å². The SMILES string of the molecule is CCC1(C)C(C)C(=O)NC12CCCCC2. The molecule has 2 atom stereocenters. The van der Waals surface area contributed by atoms with Crippen molar-refractivity contribution in [3.8, 4) is 0 Å². The normalized spacial score (nSPS) is 39.4. The topological polar surface area (TPSA) is 29.1 Å². The van der Waals surface area contributed by atoms with Gasteiger partial charge < -0.3 is 5.32 Å². The maximum absolute atomic E-state index is 11.9. The van der Waals surface area contributed by atoms with Gasteiger partial charge in [-0.05, 0) is 19.3 Å². The molecule has 2 nitrogen and oxygen atoms in total. The Labute approximate surface area is 92.8 Å². The average Bonchev–Trinajstić information content (AvgIpc) is 2.43. The van der Waals surface area contributed by atoms with Crippen molar-refractivity contribution in [2.45, 2.75) is 64.8 Å². The Morgan fingerprint density at radius 3 is 2.47 bits per heavy atom. The Bertz CT molecular complexity index is 268. The summed E-state index contributed by atoms with van der Waals surface area (Å²) in [6, 6.07) is 0. The summed E-state index contributed by atoms with van der Waals surface area (Å²) in [5.74, 6) is 0.460. The van der Waals surface area contributed by atoms with Crippen molar-refractivity contribution in [3.63, 3.8) is 0 Å². The molecule has 1 saturated carbocycles. The zero-order valence-corrected chi connectivity index (χ0v) is 10.2. The molecule has 0 bridgehead atoms.